The van der Waals surface area contributed by atoms with Gasteiger partial charge in [0.25, 0.3) is 0 Å². The van der Waals surface area contributed by atoms with Gasteiger partial charge in [0.05, 0.1) is 5.92 Å². The molecule has 23 heavy (non-hydrogen) atoms. The molecule has 0 spiro atoms. The SMILES string of the molecule is CC(C)=CC1C(C(=O)OCc2cccc(C=C(Cl)Cl)c2)C1(C)C. The molecule has 0 saturated heterocycles. The maximum Gasteiger partial charge on any atom is 0.310 e. The number of esters is 1. The zero-order valence-electron chi connectivity index (χ0n) is 13.9. The molecule has 1 saturated carbocycles. The Bertz CT molecular complexity index is 651. The normalized spacial score (nSPS) is 21.3. The average molecular weight is 353 g/mol. The van der Waals surface area contributed by atoms with E-state index >= 15 is 0 Å². The van der Waals surface area contributed by atoms with Gasteiger partial charge in [0.1, 0.15) is 11.1 Å². The van der Waals surface area contributed by atoms with Crippen LogP contribution >= 0.6 is 23.2 Å². The third kappa shape index (κ3) is 4.62. The third-order valence-corrected chi connectivity index (χ3v) is 4.50. The predicted molar refractivity (Wildman–Crippen MR) is 96.1 cm³/mol. The number of carbonyl (C=O) groups excluding carboxylic acids is 1. The summed E-state index contributed by atoms with van der Waals surface area (Å²) in [5.41, 5.74) is 3.01. The van der Waals surface area contributed by atoms with Gasteiger partial charge in [-0.25, -0.2) is 0 Å². The van der Waals surface area contributed by atoms with E-state index in [1.165, 1.54) is 5.57 Å². The van der Waals surface area contributed by atoms with Crippen molar-refractivity contribution >= 4 is 35.2 Å². The van der Waals surface area contributed by atoms with Crippen LogP contribution in [0.3, 0.4) is 0 Å². The quantitative estimate of drug-likeness (QED) is 0.498. The molecule has 1 aliphatic rings. The summed E-state index contributed by atoms with van der Waals surface area (Å²) in [6.45, 7) is 8.58. The summed E-state index contributed by atoms with van der Waals surface area (Å²) in [5, 5.41) is 0. The Morgan fingerprint density at radius 3 is 2.61 bits per heavy atom. The highest BCUT2D eigenvalue weighted by Crippen LogP contribution is 2.59. The lowest BCUT2D eigenvalue weighted by Gasteiger charge is -2.06. The van der Waals surface area contributed by atoms with Crippen molar-refractivity contribution in [1.29, 1.82) is 0 Å². The topological polar surface area (TPSA) is 26.3 Å². The van der Waals surface area contributed by atoms with Gasteiger partial charge in [0.2, 0.25) is 0 Å². The predicted octanol–water partition coefficient (Wildman–Crippen LogP) is 5.74. The fourth-order valence-electron chi connectivity index (χ4n) is 2.94. The molecule has 1 aromatic rings. The molecule has 2 nitrogen and oxygen atoms in total. The monoisotopic (exact) mass is 352 g/mol. The Labute approximate surface area is 148 Å². The van der Waals surface area contributed by atoms with Gasteiger partial charge in [0, 0.05) is 0 Å². The Morgan fingerprint density at radius 1 is 1.30 bits per heavy atom. The van der Waals surface area contributed by atoms with E-state index in [1.54, 1.807) is 6.08 Å². The van der Waals surface area contributed by atoms with Crippen LogP contribution in [0.4, 0.5) is 0 Å². The van der Waals surface area contributed by atoms with Crippen LogP contribution in [0.5, 0.6) is 0 Å². The molecule has 124 valence electrons. The van der Waals surface area contributed by atoms with Crippen molar-refractivity contribution in [2.45, 2.75) is 34.3 Å². The number of hydrogen-bond acceptors (Lipinski definition) is 2. The molecule has 0 aliphatic heterocycles. The van der Waals surface area contributed by atoms with Crippen LogP contribution in [-0.4, -0.2) is 5.97 Å². The van der Waals surface area contributed by atoms with Gasteiger partial charge < -0.3 is 4.74 Å². The highest BCUT2D eigenvalue weighted by molar-refractivity contribution is 6.57. The molecule has 0 aromatic heterocycles. The van der Waals surface area contributed by atoms with Crippen molar-refractivity contribution in [3.8, 4) is 0 Å². The van der Waals surface area contributed by atoms with Crippen molar-refractivity contribution in [3.05, 3.63) is 51.5 Å². The average Bonchev–Trinajstić information content (AvgIpc) is 2.96. The fraction of sp³-hybridized carbons (Fsp3) is 0.421. The van der Waals surface area contributed by atoms with Crippen LogP contribution in [0.2, 0.25) is 0 Å². The Morgan fingerprint density at radius 2 is 2.00 bits per heavy atom. The first-order valence-electron chi connectivity index (χ1n) is 7.65. The van der Waals surface area contributed by atoms with E-state index in [1.807, 2.05) is 24.3 Å². The molecular weight excluding hydrogens is 331 g/mol. The summed E-state index contributed by atoms with van der Waals surface area (Å²) < 4.78 is 5.70. The zero-order chi connectivity index (χ0) is 17.2. The molecule has 0 radical (unpaired) electrons. The highest BCUT2D eigenvalue weighted by atomic mass is 35.5. The largest absolute Gasteiger partial charge is 0.461 e. The van der Waals surface area contributed by atoms with Crippen molar-refractivity contribution in [3.63, 3.8) is 0 Å². The summed E-state index contributed by atoms with van der Waals surface area (Å²) in [6, 6.07) is 7.60. The van der Waals surface area contributed by atoms with E-state index in [9.17, 15) is 4.79 Å². The number of hydrogen-bond donors (Lipinski definition) is 0. The first kappa shape index (κ1) is 18.1. The number of benzene rings is 1. The second-order valence-electron chi connectivity index (χ2n) is 6.86. The van der Waals surface area contributed by atoms with Crippen molar-refractivity contribution in [2.75, 3.05) is 0 Å². The lowest BCUT2D eigenvalue weighted by Crippen LogP contribution is -2.10. The molecule has 0 bridgehead atoms. The van der Waals surface area contributed by atoms with Gasteiger partial charge in [-0.1, -0.05) is 66.9 Å². The molecule has 1 aromatic carbocycles. The van der Waals surface area contributed by atoms with Crippen LogP contribution in [0, 0.1) is 17.3 Å². The van der Waals surface area contributed by atoms with Gasteiger partial charge in [-0.2, -0.15) is 0 Å². The molecule has 0 heterocycles. The Kier molecular flexibility index (Phi) is 5.59. The number of carbonyl (C=O) groups is 1. The first-order chi connectivity index (χ1) is 10.7. The minimum Gasteiger partial charge on any atom is -0.461 e. The smallest absolute Gasteiger partial charge is 0.310 e. The van der Waals surface area contributed by atoms with Crippen LogP contribution in [-0.2, 0) is 16.1 Å². The van der Waals surface area contributed by atoms with Gasteiger partial charge in [-0.3, -0.25) is 4.79 Å². The molecule has 2 atom stereocenters. The third-order valence-electron chi connectivity index (χ3n) is 4.29. The molecule has 1 aliphatic carbocycles. The van der Waals surface area contributed by atoms with Crippen LogP contribution in [0.1, 0.15) is 38.8 Å². The zero-order valence-corrected chi connectivity index (χ0v) is 15.4. The minimum absolute atomic E-state index is 0.0227. The van der Waals surface area contributed by atoms with E-state index in [2.05, 4.69) is 33.8 Å². The maximum atomic E-state index is 12.3. The van der Waals surface area contributed by atoms with E-state index < -0.39 is 0 Å². The van der Waals surface area contributed by atoms with Crippen molar-refractivity contribution < 1.29 is 9.53 Å². The van der Waals surface area contributed by atoms with Gasteiger partial charge >= 0.3 is 5.97 Å². The second-order valence-corrected chi connectivity index (χ2v) is 7.86. The van der Waals surface area contributed by atoms with Crippen LogP contribution < -0.4 is 0 Å². The summed E-state index contributed by atoms with van der Waals surface area (Å²) in [7, 11) is 0. The van der Waals surface area contributed by atoms with E-state index in [4.69, 9.17) is 27.9 Å². The van der Waals surface area contributed by atoms with E-state index in [0.29, 0.717) is 0 Å². The number of ether oxygens (including phenoxy) is 1. The van der Waals surface area contributed by atoms with Crippen molar-refractivity contribution in [2.24, 2.45) is 17.3 Å². The standard InChI is InChI=1S/C19H22Cl2O2/c1-12(2)8-15-17(19(15,3)4)18(22)23-11-14-7-5-6-13(9-14)10-16(20)21/h5-10,15,17H,11H2,1-4H3. The highest BCUT2D eigenvalue weighted by Gasteiger charge is 2.61. The van der Waals surface area contributed by atoms with Crippen LogP contribution in [0.15, 0.2) is 40.4 Å². The fourth-order valence-corrected chi connectivity index (χ4v) is 3.19. The van der Waals surface area contributed by atoms with E-state index in [0.717, 1.165) is 11.1 Å². The molecule has 0 amide bonds. The molecular formula is C19H22Cl2O2. The van der Waals surface area contributed by atoms with Crippen LogP contribution in [0.25, 0.3) is 6.08 Å². The molecule has 2 unspecified atom stereocenters. The molecule has 0 N–H and O–H groups in total. The Balaban J connectivity index is 1.98. The van der Waals surface area contributed by atoms with E-state index in [-0.39, 0.29) is 34.3 Å². The molecule has 4 heteroatoms. The summed E-state index contributed by atoms with van der Waals surface area (Å²) >= 11 is 11.3. The minimum atomic E-state index is -0.131. The summed E-state index contributed by atoms with van der Waals surface area (Å²) in [6.07, 6.45) is 3.82. The number of allylic oxidation sites excluding steroid dienone is 2. The maximum absolute atomic E-state index is 12.3. The number of rotatable bonds is 5. The van der Waals surface area contributed by atoms with Gasteiger partial charge in [0.15, 0.2) is 0 Å². The first-order valence-corrected chi connectivity index (χ1v) is 8.40. The number of halogens is 2. The second kappa shape index (κ2) is 7.11. The summed E-state index contributed by atoms with van der Waals surface area (Å²) in [5.74, 6) is 0.0795. The summed E-state index contributed by atoms with van der Waals surface area (Å²) in [4.78, 5) is 12.3. The Hall–Kier alpha value is -1.25. The van der Waals surface area contributed by atoms with Gasteiger partial charge in [-0.05, 0) is 48.4 Å². The lowest BCUT2D eigenvalue weighted by atomic mass is 10.1. The van der Waals surface area contributed by atoms with Gasteiger partial charge in [-0.15, -0.1) is 0 Å². The van der Waals surface area contributed by atoms with Crippen molar-refractivity contribution in [1.82, 2.24) is 0 Å². The molecule has 2 rings (SSSR count). The molecule has 1 fully saturated rings. The lowest BCUT2D eigenvalue weighted by molar-refractivity contribution is -0.147.